The Morgan fingerprint density at radius 3 is 3.04 bits per heavy atom. The monoisotopic (exact) mass is 353 g/mol. The zero-order chi connectivity index (χ0) is 17.2. The van der Waals surface area contributed by atoms with Gasteiger partial charge in [0, 0.05) is 5.56 Å². The van der Waals surface area contributed by atoms with E-state index in [0.29, 0.717) is 6.54 Å². The third-order valence-corrected chi connectivity index (χ3v) is 5.62. The second kappa shape index (κ2) is 6.88. The second-order valence-corrected chi connectivity index (χ2v) is 7.59. The Labute approximate surface area is 150 Å². The van der Waals surface area contributed by atoms with Gasteiger partial charge in [-0.15, -0.1) is 10.2 Å². The highest BCUT2D eigenvalue weighted by Gasteiger charge is 2.21. The van der Waals surface area contributed by atoms with Crippen molar-refractivity contribution >= 4 is 17.5 Å². The molecule has 1 aliphatic rings. The molecule has 0 radical (unpaired) electrons. The number of nitrogens with zero attached hydrogens (tertiary/aromatic N) is 3. The van der Waals surface area contributed by atoms with Crippen LogP contribution in [0.3, 0.4) is 0 Å². The summed E-state index contributed by atoms with van der Waals surface area (Å²) in [5, 5.41) is 8.62. The summed E-state index contributed by atoms with van der Waals surface area (Å²) >= 11 is 1.43. The number of aromatic nitrogens is 3. The van der Waals surface area contributed by atoms with E-state index in [1.54, 1.807) is 12.6 Å². The fraction of sp³-hybridized carbons (Fsp3) is 0.316. The molecule has 0 spiro atoms. The smallest absolute Gasteiger partial charge is 0.192 e. The number of hydrogen-bond donors (Lipinski definition) is 0. The molecule has 4 rings (SSSR count). The van der Waals surface area contributed by atoms with E-state index in [1.807, 2.05) is 29.7 Å². The standard InChI is InChI=1S/C19H19N3O2S/c1-13(18(23)16-8-7-14-4-2-5-15(14)10-16)25-19-21-20-12-22(19)11-17-6-3-9-24-17/h3,6-10,12-13H,2,4-5,11H2,1H3. The van der Waals surface area contributed by atoms with Crippen molar-refractivity contribution in [3.05, 3.63) is 65.4 Å². The predicted molar refractivity (Wildman–Crippen MR) is 95.9 cm³/mol. The lowest BCUT2D eigenvalue weighted by atomic mass is 10.0. The van der Waals surface area contributed by atoms with Crippen molar-refractivity contribution in [3.8, 4) is 0 Å². The van der Waals surface area contributed by atoms with Gasteiger partial charge in [0.1, 0.15) is 12.1 Å². The lowest BCUT2D eigenvalue weighted by molar-refractivity contribution is 0.0993. The number of thioether (sulfide) groups is 1. The number of carbonyl (C=O) groups is 1. The minimum Gasteiger partial charge on any atom is -0.467 e. The molecule has 0 fully saturated rings. The maximum absolute atomic E-state index is 12.8. The number of aryl methyl sites for hydroxylation is 2. The van der Waals surface area contributed by atoms with Crippen molar-refractivity contribution < 1.29 is 9.21 Å². The van der Waals surface area contributed by atoms with Gasteiger partial charge in [0.25, 0.3) is 0 Å². The minimum absolute atomic E-state index is 0.132. The Morgan fingerprint density at radius 1 is 1.32 bits per heavy atom. The quantitative estimate of drug-likeness (QED) is 0.499. The van der Waals surface area contributed by atoms with Crippen LogP contribution in [0.5, 0.6) is 0 Å². The molecule has 1 unspecified atom stereocenters. The van der Waals surface area contributed by atoms with Gasteiger partial charge in [0.05, 0.1) is 18.1 Å². The largest absolute Gasteiger partial charge is 0.467 e. The average Bonchev–Trinajstić information content (AvgIpc) is 3.36. The van der Waals surface area contributed by atoms with E-state index in [-0.39, 0.29) is 11.0 Å². The summed E-state index contributed by atoms with van der Waals surface area (Å²) in [7, 11) is 0. The molecule has 0 aliphatic heterocycles. The zero-order valence-electron chi connectivity index (χ0n) is 14.0. The van der Waals surface area contributed by atoms with E-state index in [1.165, 1.54) is 29.3 Å². The van der Waals surface area contributed by atoms with Gasteiger partial charge in [-0.05, 0) is 55.5 Å². The molecular formula is C19H19N3O2S. The van der Waals surface area contributed by atoms with Crippen molar-refractivity contribution in [2.75, 3.05) is 0 Å². The third-order valence-electron chi connectivity index (χ3n) is 4.52. The SMILES string of the molecule is CC(Sc1nncn1Cc1ccco1)C(=O)c1ccc2c(c1)CCC2. The maximum atomic E-state index is 12.8. The van der Waals surface area contributed by atoms with E-state index in [9.17, 15) is 4.79 Å². The second-order valence-electron chi connectivity index (χ2n) is 6.28. The van der Waals surface area contributed by atoms with Crippen LogP contribution in [0.25, 0.3) is 0 Å². The molecule has 0 saturated carbocycles. The summed E-state index contributed by atoms with van der Waals surface area (Å²) in [6, 6.07) is 9.89. The zero-order valence-corrected chi connectivity index (χ0v) is 14.8. The number of furan rings is 1. The molecule has 1 aromatic carbocycles. The molecule has 2 aromatic heterocycles. The van der Waals surface area contributed by atoms with Crippen molar-refractivity contribution in [2.45, 2.75) is 43.1 Å². The fourth-order valence-corrected chi connectivity index (χ4v) is 4.09. The number of rotatable bonds is 6. The van der Waals surface area contributed by atoms with Crippen LogP contribution >= 0.6 is 11.8 Å². The van der Waals surface area contributed by atoms with Gasteiger partial charge in [-0.25, -0.2) is 0 Å². The molecule has 6 heteroatoms. The van der Waals surface area contributed by atoms with E-state index in [4.69, 9.17) is 4.42 Å². The summed E-state index contributed by atoms with van der Waals surface area (Å²) in [6.45, 7) is 2.48. The first-order valence-corrected chi connectivity index (χ1v) is 9.31. The maximum Gasteiger partial charge on any atom is 0.192 e. The van der Waals surface area contributed by atoms with E-state index in [0.717, 1.165) is 29.3 Å². The molecule has 128 valence electrons. The Morgan fingerprint density at radius 2 is 2.20 bits per heavy atom. The van der Waals surface area contributed by atoms with Gasteiger partial charge < -0.3 is 8.98 Å². The van der Waals surface area contributed by atoms with Gasteiger partial charge in [0.2, 0.25) is 0 Å². The molecule has 1 atom stereocenters. The fourth-order valence-electron chi connectivity index (χ4n) is 3.19. The number of ketones is 1. The Kier molecular flexibility index (Phi) is 4.44. The summed E-state index contributed by atoms with van der Waals surface area (Å²) in [4.78, 5) is 12.8. The van der Waals surface area contributed by atoms with Gasteiger partial charge in [0.15, 0.2) is 10.9 Å². The number of Topliss-reactive ketones (excluding diaryl/α,β-unsaturated/α-hetero) is 1. The first kappa shape index (κ1) is 16.1. The highest BCUT2D eigenvalue weighted by atomic mass is 32.2. The number of benzene rings is 1. The summed E-state index contributed by atoms with van der Waals surface area (Å²) < 4.78 is 7.27. The van der Waals surface area contributed by atoms with Gasteiger partial charge in [-0.2, -0.15) is 0 Å². The predicted octanol–water partition coefficient (Wildman–Crippen LogP) is 3.77. The Hall–Kier alpha value is -2.34. The first-order chi connectivity index (χ1) is 12.2. The van der Waals surface area contributed by atoms with Crippen LogP contribution < -0.4 is 0 Å². The van der Waals surface area contributed by atoms with Crippen LogP contribution in [-0.2, 0) is 19.4 Å². The molecule has 0 amide bonds. The molecule has 25 heavy (non-hydrogen) atoms. The third kappa shape index (κ3) is 3.39. The highest BCUT2D eigenvalue weighted by Crippen LogP contribution is 2.27. The molecule has 0 N–H and O–H groups in total. The van der Waals surface area contributed by atoms with Gasteiger partial charge in [-0.3, -0.25) is 4.79 Å². The topological polar surface area (TPSA) is 60.9 Å². The van der Waals surface area contributed by atoms with E-state index < -0.39 is 0 Å². The van der Waals surface area contributed by atoms with Crippen LogP contribution in [0.15, 0.2) is 52.5 Å². The van der Waals surface area contributed by atoms with Crippen molar-refractivity contribution in [2.24, 2.45) is 0 Å². The van der Waals surface area contributed by atoms with Gasteiger partial charge in [-0.1, -0.05) is 23.9 Å². The molecule has 3 aromatic rings. The summed E-state index contributed by atoms with van der Waals surface area (Å²) in [6.07, 6.45) is 6.70. The van der Waals surface area contributed by atoms with Crippen LogP contribution in [0.4, 0.5) is 0 Å². The Bertz CT molecular complexity index is 886. The number of fused-ring (bicyclic) bond motifs is 1. The molecule has 5 nitrogen and oxygen atoms in total. The minimum atomic E-state index is -0.223. The van der Waals surface area contributed by atoms with Crippen molar-refractivity contribution in [3.63, 3.8) is 0 Å². The van der Waals surface area contributed by atoms with Gasteiger partial charge >= 0.3 is 0 Å². The van der Waals surface area contributed by atoms with Crippen molar-refractivity contribution in [1.29, 1.82) is 0 Å². The van der Waals surface area contributed by atoms with E-state index in [2.05, 4.69) is 22.3 Å². The normalized spacial score (nSPS) is 14.4. The number of hydrogen-bond acceptors (Lipinski definition) is 5. The summed E-state index contributed by atoms with van der Waals surface area (Å²) in [5.41, 5.74) is 3.50. The van der Waals surface area contributed by atoms with Crippen LogP contribution in [0.2, 0.25) is 0 Å². The Balaban J connectivity index is 1.48. The summed E-state index contributed by atoms with van der Waals surface area (Å²) in [5.74, 6) is 0.964. The molecular weight excluding hydrogens is 334 g/mol. The lowest BCUT2D eigenvalue weighted by Crippen LogP contribution is -2.15. The van der Waals surface area contributed by atoms with Crippen LogP contribution in [0, 0.1) is 0 Å². The number of carbonyl (C=O) groups excluding carboxylic acids is 1. The first-order valence-electron chi connectivity index (χ1n) is 8.43. The van der Waals surface area contributed by atoms with E-state index >= 15 is 0 Å². The molecule has 1 aliphatic carbocycles. The average molecular weight is 353 g/mol. The lowest BCUT2D eigenvalue weighted by Gasteiger charge is -2.11. The highest BCUT2D eigenvalue weighted by molar-refractivity contribution is 8.00. The van der Waals surface area contributed by atoms with Crippen LogP contribution in [0.1, 0.15) is 40.6 Å². The van der Waals surface area contributed by atoms with Crippen molar-refractivity contribution in [1.82, 2.24) is 14.8 Å². The molecule has 0 saturated heterocycles. The van der Waals surface area contributed by atoms with Crippen LogP contribution in [-0.4, -0.2) is 25.8 Å². The molecule has 2 heterocycles. The molecule has 0 bridgehead atoms.